The van der Waals surface area contributed by atoms with Gasteiger partial charge >= 0.3 is 0 Å². The number of aliphatic hydroxyl groups is 1. The molecular formula is C31H36N4O. The van der Waals surface area contributed by atoms with E-state index in [2.05, 4.69) is 64.2 Å². The summed E-state index contributed by atoms with van der Waals surface area (Å²) in [6, 6.07) is 29.0. The van der Waals surface area contributed by atoms with Crippen LogP contribution in [0.3, 0.4) is 0 Å². The predicted octanol–water partition coefficient (Wildman–Crippen LogP) is 4.84. The van der Waals surface area contributed by atoms with Gasteiger partial charge in [0.2, 0.25) is 0 Å². The Balaban J connectivity index is 1.71. The number of pyridine rings is 1. The van der Waals surface area contributed by atoms with Crippen molar-refractivity contribution in [2.24, 2.45) is 0 Å². The molecule has 0 radical (unpaired) electrons. The fourth-order valence-electron chi connectivity index (χ4n) is 5.17. The van der Waals surface area contributed by atoms with Crippen molar-refractivity contribution in [2.75, 3.05) is 58.8 Å². The van der Waals surface area contributed by atoms with E-state index >= 15 is 0 Å². The molecule has 1 aliphatic heterocycles. The highest BCUT2D eigenvalue weighted by Crippen LogP contribution is 2.40. The molecule has 1 aromatic heterocycles. The third-order valence-electron chi connectivity index (χ3n) is 7.34. The van der Waals surface area contributed by atoms with Gasteiger partial charge in [-0.2, -0.15) is 0 Å². The Hall–Kier alpha value is -3.25. The van der Waals surface area contributed by atoms with Crippen LogP contribution in [0.5, 0.6) is 0 Å². The van der Waals surface area contributed by atoms with E-state index in [9.17, 15) is 5.11 Å². The van der Waals surface area contributed by atoms with Gasteiger partial charge in [-0.3, -0.25) is 0 Å². The number of hydrogen-bond donors (Lipinski definition) is 1. The molecule has 186 valence electrons. The number of nitrogens with zero attached hydrogens (tertiary/aromatic N) is 4. The van der Waals surface area contributed by atoms with Gasteiger partial charge in [-0.25, -0.2) is 4.98 Å². The molecule has 4 aromatic rings. The number of rotatable bonds is 7. The number of anilines is 1. The highest BCUT2D eigenvalue weighted by molar-refractivity contribution is 5.92. The Morgan fingerprint density at radius 2 is 1.53 bits per heavy atom. The van der Waals surface area contributed by atoms with E-state index in [0.717, 1.165) is 71.7 Å². The molecule has 0 amide bonds. The number of benzene rings is 3. The van der Waals surface area contributed by atoms with Crippen molar-refractivity contribution in [3.05, 3.63) is 96.1 Å². The average Bonchev–Trinajstić information content (AvgIpc) is 2.92. The lowest BCUT2D eigenvalue weighted by molar-refractivity contribution is 0.0643. The summed E-state index contributed by atoms with van der Waals surface area (Å²) in [5.41, 5.74) is 3.86. The second kappa shape index (κ2) is 10.4. The fourth-order valence-corrected chi connectivity index (χ4v) is 5.17. The van der Waals surface area contributed by atoms with Crippen LogP contribution in [0.15, 0.2) is 84.9 Å². The van der Waals surface area contributed by atoms with Crippen molar-refractivity contribution in [1.29, 1.82) is 0 Å². The smallest absolute Gasteiger partial charge is 0.137 e. The maximum atomic E-state index is 12.3. The van der Waals surface area contributed by atoms with Gasteiger partial charge in [0.25, 0.3) is 0 Å². The second-order valence-corrected chi connectivity index (χ2v) is 10.2. The summed E-state index contributed by atoms with van der Waals surface area (Å²) in [7, 11) is 6.27. The Bertz CT molecular complexity index is 1300. The molecule has 1 fully saturated rings. The first-order valence-corrected chi connectivity index (χ1v) is 12.8. The van der Waals surface area contributed by atoms with Crippen LogP contribution in [0.25, 0.3) is 22.0 Å². The molecule has 1 saturated heterocycles. The van der Waals surface area contributed by atoms with E-state index in [0.29, 0.717) is 6.42 Å². The van der Waals surface area contributed by atoms with Crippen LogP contribution < -0.4 is 4.90 Å². The summed E-state index contributed by atoms with van der Waals surface area (Å²) >= 11 is 0. The number of hydrogen-bond acceptors (Lipinski definition) is 5. The molecule has 1 unspecified atom stereocenters. The minimum absolute atomic E-state index is 0.587. The monoisotopic (exact) mass is 480 g/mol. The Morgan fingerprint density at radius 1 is 0.861 bits per heavy atom. The minimum Gasteiger partial charge on any atom is -0.380 e. The Labute approximate surface area is 214 Å². The van der Waals surface area contributed by atoms with Gasteiger partial charge in [-0.05, 0) is 56.4 Å². The third-order valence-corrected chi connectivity index (χ3v) is 7.34. The highest BCUT2D eigenvalue weighted by atomic mass is 16.3. The molecular weight excluding hydrogens is 444 g/mol. The normalized spacial score (nSPS) is 16.4. The molecule has 0 aliphatic carbocycles. The van der Waals surface area contributed by atoms with Gasteiger partial charge in [-0.15, -0.1) is 0 Å². The number of aromatic nitrogens is 1. The lowest BCUT2D eigenvalue weighted by Crippen LogP contribution is -2.45. The molecule has 1 atom stereocenters. The average molecular weight is 481 g/mol. The van der Waals surface area contributed by atoms with E-state index in [-0.39, 0.29) is 0 Å². The second-order valence-electron chi connectivity index (χ2n) is 10.2. The van der Waals surface area contributed by atoms with Gasteiger partial charge in [0.05, 0.1) is 5.52 Å². The Morgan fingerprint density at radius 3 is 2.19 bits per heavy atom. The van der Waals surface area contributed by atoms with Gasteiger partial charge in [-0.1, -0.05) is 72.8 Å². The van der Waals surface area contributed by atoms with E-state index in [1.807, 2.05) is 56.6 Å². The van der Waals surface area contributed by atoms with Crippen molar-refractivity contribution in [1.82, 2.24) is 14.8 Å². The summed E-state index contributed by atoms with van der Waals surface area (Å²) < 4.78 is 0. The van der Waals surface area contributed by atoms with Crippen LogP contribution in [-0.4, -0.2) is 73.8 Å². The molecule has 0 saturated carbocycles. The quantitative estimate of drug-likeness (QED) is 0.410. The van der Waals surface area contributed by atoms with Crippen LogP contribution in [-0.2, 0) is 5.60 Å². The first kappa shape index (κ1) is 24.4. The maximum Gasteiger partial charge on any atom is 0.137 e. The van der Waals surface area contributed by atoms with Crippen molar-refractivity contribution >= 4 is 16.7 Å². The number of piperazine rings is 1. The third kappa shape index (κ3) is 4.87. The molecule has 5 heteroatoms. The largest absolute Gasteiger partial charge is 0.380 e. The molecule has 36 heavy (non-hydrogen) atoms. The van der Waals surface area contributed by atoms with Crippen LogP contribution in [0.1, 0.15) is 17.5 Å². The molecule has 2 heterocycles. The van der Waals surface area contributed by atoms with Crippen LogP contribution >= 0.6 is 0 Å². The fraction of sp³-hybridized carbons (Fsp3) is 0.323. The summed E-state index contributed by atoms with van der Waals surface area (Å²) in [5.74, 6) is 1.02. The SMILES string of the molecule is CN(C)CCC(O)(c1ccccc1)c1cccc2nc(N3CCN(C)CC3)c(-c3ccccc3)cc12. The standard InChI is InChI=1S/C31H36N4O/c1-33(2)18-17-31(36,25-13-8-5-9-14-25)28-15-10-16-29-27(28)23-26(24-11-6-4-7-12-24)30(32-29)35-21-19-34(3)20-22-35/h4-16,23,36H,17-22H2,1-3H3. The summed E-state index contributed by atoms with van der Waals surface area (Å²) in [6.45, 7) is 4.70. The molecule has 3 aromatic carbocycles. The van der Waals surface area contributed by atoms with Crippen LogP contribution in [0, 0.1) is 0 Å². The van der Waals surface area contributed by atoms with E-state index < -0.39 is 5.60 Å². The van der Waals surface area contributed by atoms with Crippen molar-refractivity contribution in [3.63, 3.8) is 0 Å². The van der Waals surface area contributed by atoms with Gasteiger partial charge in [0.1, 0.15) is 11.4 Å². The van der Waals surface area contributed by atoms with Crippen molar-refractivity contribution in [2.45, 2.75) is 12.0 Å². The van der Waals surface area contributed by atoms with Crippen LogP contribution in [0.4, 0.5) is 5.82 Å². The number of fused-ring (bicyclic) bond motifs is 1. The van der Waals surface area contributed by atoms with E-state index in [1.54, 1.807) is 0 Å². The molecule has 0 spiro atoms. The predicted molar refractivity (Wildman–Crippen MR) is 150 cm³/mol. The molecule has 0 bridgehead atoms. The Kier molecular flexibility index (Phi) is 7.06. The van der Waals surface area contributed by atoms with Crippen molar-refractivity contribution in [3.8, 4) is 11.1 Å². The zero-order chi connectivity index (χ0) is 25.1. The van der Waals surface area contributed by atoms with Gasteiger partial charge < -0.3 is 19.8 Å². The minimum atomic E-state index is -1.13. The van der Waals surface area contributed by atoms with Gasteiger partial charge in [0, 0.05) is 43.7 Å². The van der Waals surface area contributed by atoms with E-state index in [1.165, 1.54) is 0 Å². The topological polar surface area (TPSA) is 42.8 Å². The lowest BCUT2D eigenvalue weighted by atomic mass is 9.81. The molecule has 5 rings (SSSR count). The van der Waals surface area contributed by atoms with E-state index in [4.69, 9.17) is 4.98 Å². The first-order chi connectivity index (χ1) is 17.5. The lowest BCUT2D eigenvalue weighted by Gasteiger charge is -2.35. The molecule has 5 nitrogen and oxygen atoms in total. The van der Waals surface area contributed by atoms with Crippen LogP contribution in [0.2, 0.25) is 0 Å². The zero-order valence-electron chi connectivity index (χ0n) is 21.6. The van der Waals surface area contributed by atoms with Crippen molar-refractivity contribution < 1.29 is 5.11 Å². The highest BCUT2D eigenvalue weighted by Gasteiger charge is 2.33. The zero-order valence-corrected chi connectivity index (χ0v) is 21.6. The summed E-state index contributed by atoms with van der Waals surface area (Å²) in [4.78, 5) is 12.1. The first-order valence-electron chi connectivity index (χ1n) is 12.8. The molecule has 1 aliphatic rings. The summed E-state index contributed by atoms with van der Waals surface area (Å²) in [5, 5.41) is 13.3. The summed E-state index contributed by atoms with van der Waals surface area (Å²) in [6.07, 6.45) is 0.587. The van der Waals surface area contributed by atoms with Gasteiger partial charge in [0.15, 0.2) is 0 Å². The maximum absolute atomic E-state index is 12.3. The number of likely N-dealkylation sites (N-methyl/N-ethyl adjacent to an activating group) is 1. The molecule has 1 N–H and O–H groups in total.